The number of ether oxygens (including phenoxy) is 1. The third-order valence-electron chi connectivity index (χ3n) is 2.89. The fraction of sp³-hybridized carbons (Fsp3) is 0.200. The van der Waals surface area contributed by atoms with Gasteiger partial charge in [0.2, 0.25) is 0 Å². The Morgan fingerprint density at radius 1 is 1.05 bits per heavy atom. The Hall–Kier alpha value is -0.840. The lowest BCUT2D eigenvalue weighted by atomic mass is 10.0. The van der Waals surface area contributed by atoms with E-state index in [1.165, 1.54) is 0 Å². The van der Waals surface area contributed by atoms with E-state index >= 15 is 0 Å². The summed E-state index contributed by atoms with van der Waals surface area (Å²) in [5, 5.41) is 10.4. The van der Waals surface area contributed by atoms with Crippen LogP contribution in [0.3, 0.4) is 0 Å². The molecule has 2 aromatic carbocycles. The van der Waals surface area contributed by atoms with Crippen molar-refractivity contribution in [1.29, 1.82) is 0 Å². The standard InChI is InChI=1S/C15H14Br2O2/c1-19-15-7-6-12(17)9-13(15)14(18)8-10-2-4-11(16)5-3-10/h2-7,9,14,18H,8H2,1H3. The Labute approximate surface area is 129 Å². The molecule has 1 unspecified atom stereocenters. The van der Waals surface area contributed by atoms with Crippen molar-refractivity contribution in [2.45, 2.75) is 12.5 Å². The molecule has 0 aliphatic rings. The normalized spacial score (nSPS) is 12.2. The van der Waals surface area contributed by atoms with Gasteiger partial charge in [0.15, 0.2) is 0 Å². The summed E-state index contributed by atoms with van der Waals surface area (Å²) in [6.45, 7) is 0. The second kappa shape index (κ2) is 6.55. The van der Waals surface area contributed by atoms with Gasteiger partial charge in [-0.1, -0.05) is 44.0 Å². The number of benzene rings is 2. The molecule has 2 rings (SSSR count). The van der Waals surface area contributed by atoms with E-state index in [-0.39, 0.29) is 0 Å². The molecule has 19 heavy (non-hydrogen) atoms. The highest BCUT2D eigenvalue weighted by Gasteiger charge is 2.14. The van der Waals surface area contributed by atoms with Gasteiger partial charge in [-0.05, 0) is 35.9 Å². The molecule has 0 radical (unpaired) electrons. The molecule has 2 nitrogen and oxygen atoms in total. The zero-order valence-electron chi connectivity index (χ0n) is 10.4. The summed E-state index contributed by atoms with van der Waals surface area (Å²) >= 11 is 6.82. The van der Waals surface area contributed by atoms with Crippen LogP contribution in [0.1, 0.15) is 17.2 Å². The highest BCUT2D eigenvalue weighted by atomic mass is 79.9. The molecule has 0 saturated heterocycles. The quantitative estimate of drug-likeness (QED) is 0.839. The minimum absolute atomic E-state index is 0.556. The lowest BCUT2D eigenvalue weighted by Crippen LogP contribution is -2.04. The molecule has 0 saturated carbocycles. The van der Waals surface area contributed by atoms with Crippen molar-refractivity contribution < 1.29 is 9.84 Å². The lowest BCUT2D eigenvalue weighted by molar-refractivity contribution is 0.174. The first-order valence-corrected chi connectivity index (χ1v) is 7.44. The van der Waals surface area contributed by atoms with Crippen molar-refractivity contribution in [2.24, 2.45) is 0 Å². The Morgan fingerprint density at radius 2 is 1.68 bits per heavy atom. The van der Waals surface area contributed by atoms with Crippen LogP contribution in [0.15, 0.2) is 51.4 Å². The molecule has 0 amide bonds. The van der Waals surface area contributed by atoms with Crippen molar-refractivity contribution in [3.8, 4) is 5.75 Å². The van der Waals surface area contributed by atoms with Gasteiger partial charge in [0.25, 0.3) is 0 Å². The molecule has 100 valence electrons. The van der Waals surface area contributed by atoms with Crippen molar-refractivity contribution in [1.82, 2.24) is 0 Å². The van der Waals surface area contributed by atoms with Crippen LogP contribution in [0.25, 0.3) is 0 Å². The van der Waals surface area contributed by atoms with Crippen LogP contribution in [0.5, 0.6) is 5.75 Å². The molecule has 2 aromatic rings. The fourth-order valence-corrected chi connectivity index (χ4v) is 2.56. The van der Waals surface area contributed by atoms with Gasteiger partial charge in [0.1, 0.15) is 5.75 Å². The monoisotopic (exact) mass is 384 g/mol. The molecule has 0 bridgehead atoms. The van der Waals surface area contributed by atoms with Crippen LogP contribution in [0.4, 0.5) is 0 Å². The zero-order valence-corrected chi connectivity index (χ0v) is 13.6. The maximum atomic E-state index is 10.4. The van der Waals surface area contributed by atoms with Gasteiger partial charge < -0.3 is 9.84 Å². The van der Waals surface area contributed by atoms with E-state index < -0.39 is 6.10 Å². The van der Waals surface area contributed by atoms with Crippen LogP contribution < -0.4 is 4.74 Å². The summed E-state index contributed by atoms with van der Waals surface area (Å²) in [6, 6.07) is 13.6. The second-order valence-electron chi connectivity index (χ2n) is 4.23. The van der Waals surface area contributed by atoms with Crippen molar-refractivity contribution in [3.63, 3.8) is 0 Å². The van der Waals surface area contributed by atoms with Crippen LogP contribution in [0.2, 0.25) is 0 Å². The molecule has 1 atom stereocenters. The number of aliphatic hydroxyl groups is 1. The average Bonchev–Trinajstić information content (AvgIpc) is 2.41. The first kappa shape index (κ1) is 14.6. The van der Waals surface area contributed by atoms with Gasteiger partial charge in [-0.15, -0.1) is 0 Å². The molecular formula is C15H14Br2O2. The first-order valence-electron chi connectivity index (χ1n) is 5.86. The van der Waals surface area contributed by atoms with E-state index in [2.05, 4.69) is 31.9 Å². The van der Waals surface area contributed by atoms with Crippen molar-refractivity contribution >= 4 is 31.9 Å². The molecule has 0 aliphatic carbocycles. The topological polar surface area (TPSA) is 29.5 Å². The van der Waals surface area contributed by atoms with Gasteiger partial charge in [-0.2, -0.15) is 0 Å². The highest BCUT2D eigenvalue weighted by Crippen LogP contribution is 2.30. The largest absolute Gasteiger partial charge is 0.496 e. The molecule has 0 aromatic heterocycles. The highest BCUT2D eigenvalue weighted by molar-refractivity contribution is 9.10. The molecule has 4 heteroatoms. The van der Waals surface area contributed by atoms with E-state index in [1.807, 2.05) is 42.5 Å². The number of rotatable bonds is 4. The Balaban J connectivity index is 2.21. The second-order valence-corrected chi connectivity index (χ2v) is 6.06. The maximum absolute atomic E-state index is 10.4. The van der Waals surface area contributed by atoms with E-state index in [9.17, 15) is 5.11 Å². The van der Waals surface area contributed by atoms with Gasteiger partial charge in [0.05, 0.1) is 13.2 Å². The van der Waals surface area contributed by atoms with E-state index in [4.69, 9.17) is 4.74 Å². The van der Waals surface area contributed by atoms with Gasteiger partial charge in [-0.3, -0.25) is 0 Å². The predicted molar refractivity (Wildman–Crippen MR) is 83.5 cm³/mol. The van der Waals surface area contributed by atoms with Gasteiger partial charge in [-0.25, -0.2) is 0 Å². The SMILES string of the molecule is COc1ccc(Br)cc1C(O)Cc1ccc(Br)cc1. The summed E-state index contributed by atoms with van der Waals surface area (Å²) < 4.78 is 7.25. The molecule has 1 N–H and O–H groups in total. The average molecular weight is 386 g/mol. The zero-order chi connectivity index (χ0) is 13.8. The maximum Gasteiger partial charge on any atom is 0.124 e. The molecule has 0 aliphatic heterocycles. The minimum atomic E-state index is -0.589. The number of aliphatic hydroxyl groups excluding tert-OH is 1. The number of hydrogen-bond donors (Lipinski definition) is 1. The summed E-state index contributed by atoms with van der Waals surface area (Å²) in [5.41, 5.74) is 1.87. The first-order chi connectivity index (χ1) is 9.10. The molecule has 0 heterocycles. The molecule has 0 fully saturated rings. The Morgan fingerprint density at radius 3 is 2.32 bits per heavy atom. The minimum Gasteiger partial charge on any atom is -0.496 e. The summed E-state index contributed by atoms with van der Waals surface area (Å²) in [5.74, 6) is 0.702. The van der Waals surface area contributed by atoms with Crippen LogP contribution in [0, 0.1) is 0 Å². The smallest absolute Gasteiger partial charge is 0.124 e. The third kappa shape index (κ3) is 3.81. The van der Waals surface area contributed by atoms with Crippen molar-refractivity contribution in [2.75, 3.05) is 7.11 Å². The molecule has 0 spiro atoms. The van der Waals surface area contributed by atoms with E-state index in [1.54, 1.807) is 7.11 Å². The van der Waals surface area contributed by atoms with E-state index in [0.29, 0.717) is 12.2 Å². The van der Waals surface area contributed by atoms with Gasteiger partial charge in [0, 0.05) is 20.9 Å². The van der Waals surface area contributed by atoms with Crippen LogP contribution in [-0.4, -0.2) is 12.2 Å². The lowest BCUT2D eigenvalue weighted by Gasteiger charge is -2.15. The third-order valence-corrected chi connectivity index (χ3v) is 3.91. The van der Waals surface area contributed by atoms with Gasteiger partial charge >= 0.3 is 0 Å². The summed E-state index contributed by atoms with van der Waals surface area (Å²) in [6.07, 6.45) is -0.0336. The summed E-state index contributed by atoms with van der Waals surface area (Å²) in [4.78, 5) is 0. The van der Waals surface area contributed by atoms with Crippen LogP contribution in [-0.2, 0) is 6.42 Å². The van der Waals surface area contributed by atoms with Crippen molar-refractivity contribution in [3.05, 3.63) is 62.5 Å². The number of halogens is 2. The molecular weight excluding hydrogens is 372 g/mol. The summed E-state index contributed by atoms with van der Waals surface area (Å²) in [7, 11) is 1.61. The predicted octanol–water partition coefficient (Wildman–Crippen LogP) is 4.50. The number of hydrogen-bond acceptors (Lipinski definition) is 2. The Bertz CT molecular complexity index is 553. The van der Waals surface area contributed by atoms with Crippen LogP contribution >= 0.6 is 31.9 Å². The van der Waals surface area contributed by atoms with E-state index in [0.717, 1.165) is 20.1 Å². The number of methoxy groups -OCH3 is 1. The fourth-order valence-electron chi connectivity index (χ4n) is 1.92. The Kier molecular flexibility index (Phi) is 5.02.